The fourth-order valence-corrected chi connectivity index (χ4v) is 5.01. The van der Waals surface area contributed by atoms with Crippen molar-refractivity contribution in [2.45, 2.75) is 96.0 Å². The average molecular weight is 393 g/mol. The minimum atomic E-state index is -0.716. The lowest BCUT2D eigenvalue weighted by atomic mass is 9.79. The van der Waals surface area contributed by atoms with Crippen LogP contribution in [0.25, 0.3) is 11.1 Å². The molecule has 2 aromatic rings. The molecule has 0 aromatic heterocycles. The van der Waals surface area contributed by atoms with Crippen LogP contribution in [0.2, 0.25) is 0 Å². The van der Waals surface area contributed by atoms with Crippen LogP contribution in [0.4, 0.5) is 0 Å². The minimum Gasteiger partial charge on any atom is -0.385 e. The molecule has 1 aliphatic carbocycles. The largest absolute Gasteiger partial charge is 0.385 e. The second-order valence-electron chi connectivity index (χ2n) is 9.31. The highest BCUT2D eigenvalue weighted by Crippen LogP contribution is 2.39. The van der Waals surface area contributed by atoms with Crippen molar-refractivity contribution in [2.75, 3.05) is 0 Å². The van der Waals surface area contributed by atoms with E-state index in [0.29, 0.717) is 0 Å². The fraction of sp³-hybridized carbons (Fsp3) is 0.571. The van der Waals surface area contributed by atoms with Crippen molar-refractivity contribution in [3.05, 3.63) is 60.2 Å². The number of rotatable bonds is 2. The summed E-state index contributed by atoms with van der Waals surface area (Å²) in [5, 5.41) is 11.9. The monoisotopic (exact) mass is 392 g/mol. The first-order chi connectivity index (χ1) is 14.2. The fourth-order valence-electron chi connectivity index (χ4n) is 5.01. The molecule has 1 fully saturated rings. The predicted octanol–water partition coefficient (Wildman–Crippen LogP) is 8.26. The Balaban J connectivity index is 1.81. The molecular weight excluding hydrogens is 352 g/mol. The average Bonchev–Trinajstić information content (AvgIpc) is 2.76. The van der Waals surface area contributed by atoms with Gasteiger partial charge in [-0.15, -0.1) is 0 Å². The molecule has 0 radical (unpaired) electrons. The zero-order valence-electron chi connectivity index (χ0n) is 18.4. The van der Waals surface area contributed by atoms with E-state index in [-0.39, 0.29) is 0 Å². The van der Waals surface area contributed by atoms with Crippen molar-refractivity contribution in [3.8, 4) is 11.1 Å². The molecule has 2 aromatic carbocycles. The van der Waals surface area contributed by atoms with E-state index in [1.165, 1.54) is 68.9 Å². The zero-order chi connectivity index (χ0) is 20.4. The van der Waals surface area contributed by atoms with Gasteiger partial charge in [-0.3, -0.25) is 0 Å². The Morgan fingerprint density at radius 3 is 1.97 bits per heavy atom. The van der Waals surface area contributed by atoms with Crippen LogP contribution >= 0.6 is 0 Å². The molecule has 2 atom stereocenters. The molecule has 1 N–H and O–H groups in total. The maximum atomic E-state index is 11.9. The van der Waals surface area contributed by atoms with E-state index in [4.69, 9.17) is 0 Å². The van der Waals surface area contributed by atoms with Gasteiger partial charge in [0.25, 0.3) is 0 Å². The van der Waals surface area contributed by atoms with Gasteiger partial charge in [-0.2, -0.15) is 0 Å². The Morgan fingerprint density at radius 1 is 0.655 bits per heavy atom. The Morgan fingerprint density at radius 2 is 1.21 bits per heavy atom. The molecule has 0 saturated heterocycles. The summed E-state index contributed by atoms with van der Waals surface area (Å²) in [7, 11) is 0. The third-order valence-corrected chi connectivity index (χ3v) is 6.84. The maximum absolute atomic E-state index is 11.9. The summed E-state index contributed by atoms with van der Waals surface area (Å²) in [6, 6.07) is 19.1. The highest BCUT2D eigenvalue weighted by Gasteiger charge is 2.31. The zero-order valence-corrected chi connectivity index (χ0v) is 18.4. The molecule has 158 valence electrons. The van der Waals surface area contributed by atoms with E-state index in [1.54, 1.807) is 0 Å². The van der Waals surface area contributed by atoms with Gasteiger partial charge >= 0.3 is 0 Å². The quantitative estimate of drug-likeness (QED) is 0.545. The van der Waals surface area contributed by atoms with Crippen molar-refractivity contribution in [1.82, 2.24) is 0 Å². The Kier molecular flexibility index (Phi) is 8.80. The molecule has 0 heterocycles. The van der Waals surface area contributed by atoms with Crippen LogP contribution in [0.3, 0.4) is 0 Å². The van der Waals surface area contributed by atoms with Gasteiger partial charge in [-0.25, -0.2) is 0 Å². The highest BCUT2D eigenvalue weighted by atomic mass is 16.3. The summed E-state index contributed by atoms with van der Waals surface area (Å²) < 4.78 is 0. The summed E-state index contributed by atoms with van der Waals surface area (Å²) in [4.78, 5) is 0. The number of hydrogen-bond acceptors (Lipinski definition) is 1. The Bertz CT molecular complexity index is 707. The van der Waals surface area contributed by atoms with Crippen LogP contribution in [0.1, 0.15) is 96.0 Å². The summed E-state index contributed by atoms with van der Waals surface area (Å²) in [5.41, 5.74) is 2.82. The smallest absolute Gasteiger partial charge is 0.0902 e. The van der Waals surface area contributed by atoms with E-state index in [2.05, 4.69) is 61.5 Å². The molecule has 1 nitrogen and oxygen atoms in total. The minimum absolute atomic E-state index is 0.716. The van der Waals surface area contributed by atoms with Gasteiger partial charge in [0.2, 0.25) is 0 Å². The van der Waals surface area contributed by atoms with E-state index in [0.717, 1.165) is 37.2 Å². The Labute approximate surface area is 178 Å². The van der Waals surface area contributed by atoms with Gasteiger partial charge in [0.05, 0.1) is 5.60 Å². The van der Waals surface area contributed by atoms with Gasteiger partial charge in [0.15, 0.2) is 0 Å². The lowest BCUT2D eigenvalue weighted by molar-refractivity contribution is 0.0130. The molecule has 1 unspecified atom stereocenters. The normalized spacial score (nSPS) is 25.7. The topological polar surface area (TPSA) is 20.2 Å². The number of aliphatic hydroxyl groups is 1. The first-order valence-electron chi connectivity index (χ1n) is 12.1. The third kappa shape index (κ3) is 6.71. The second kappa shape index (κ2) is 11.6. The van der Waals surface area contributed by atoms with E-state index in [1.807, 2.05) is 0 Å². The number of hydrogen-bond donors (Lipinski definition) is 1. The van der Waals surface area contributed by atoms with Crippen LogP contribution in [0.15, 0.2) is 54.6 Å². The molecule has 0 aliphatic heterocycles. The van der Waals surface area contributed by atoms with Crippen LogP contribution in [0.5, 0.6) is 0 Å². The molecule has 0 bridgehead atoms. The second-order valence-corrected chi connectivity index (χ2v) is 9.31. The molecular formula is C28H40O. The summed E-state index contributed by atoms with van der Waals surface area (Å²) in [5.74, 6) is 0.772. The lowest BCUT2D eigenvalue weighted by Gasteiger charge is -2.32. The number of benzene rings is 2. The van der Waals surface area contributed by atoms with Gasteiger partial charge in [0, 0.05) is 0 Å². The van der Waals surface area contributed by atoms with E-state index in [9.17, 15) is 5.11 Å². The first kappa shape index (κ1) is 22.1. The molecule has 0 spiro atoms. The molecule has 1 aliphatic rings. The Hall–Kier alpha value is -1.60. The highest BCUT2D eigenvalue weighted by molar-refractivity contribution is 5.68. The van der Waals surface area contributed by atoms with E-state index >= 15 is 0 Å². The van der Waals surface area contributed by atoms with Gasteiger partial charge in [0.1, 0.15) is 0 Å². The predicted molar refractivity (Wildman–Crippen MR) is 125 cm³/mol. The van der Waals surface area contributed by atoms with E-state index < -0.39 is 5.60 Å². The standard InChI is InChI=1S/C28H40O/c1-24-16-9-6-4-2-3-5-7-14-22-28(29,23-15-17-24)27-21-13-12-20-26(27)25-18-10-8-11-19-25/h8,10-13,18-21,24,29H,2-7,9,14-17,22-23H2,1H3/t24-,28?/m0/s1. The molecule has 3 rings (SSSR count). The summed E-state index contributed by atoms with van der Waals surface area (Å²) in [6.45, 7) is 2.40. The van der Waals surface area contributed by atoms with Crippen LogP contribution in [-0.2, 0) is 5.60 Å². The van der Waals surface area contributed by atoms with Crippen molar-refractivity contribution in [1.29, 1.82) is 0 Å². The summed E-state index contributed by atoms with van der Waals surface area (Å²) >= 11 is 0. The molecule has 0 amide bonds. The van der Waals surface area contributed by atoms with Gasteiger partial charge in [-0.1, -0.05) is 126 Å². The third-order valence-electron chi connectivity index (χ3n) is 6.84. The molecule has 1 saturated carbocycles. The first-order valence-corrected chi connectivity index (χ1v) is 12.1. The van der Waals surface area contributed by atoms with Crippen molar-refractivity contribution >= 4 is 0 Å². The van der Waals surface area contributed by atoms with Gasteiger partial charge < -0.3 is 5.11 Å². The van der Waals surface area contributed by atoms with Crippen molar-refractivity contribution in [2.24, 2.45) is 5.92 Å². The van der Waals surface area contributed by atoms with Gasteiger partial charge in [-0.05, 0) is 41.9 Å². The SMILES string of the molecule is C[C@H]1CCCCCCCCCCC(O)(c2ccccc2-c2ccccc2)CCC1. The van der Waals surface area contributed by atoms with Crippen molar-refractivity contribution in [3.63, 3.8) is 0 Å². The lowest BCUT2D eigenvalue weighted by Crippen LogP contribution is -2.27. The molecule has 1 heteroatoms. The summed E-state index contributed by atoms with van der Waals surface area (Å²) in [6.07, 6.45) is 16.0. The molecule has 29 heavy (non-hydrogen) atoms. The van der Waals surface area contributed by atoms with Crippen LogP contribution < -0.4 is 0 Å². The van der Waals surface area contributed by atoms with Crippen molar-refractivity contribution < 1.29 is 5.11 Å². The van der Waals surface area contributed by atoms with Crippen LogP contribution in [-0.4, -0.2) is 5.11 Å². The maximum Gasteiger partial charge on any atom is 0.0902 e. The van der Waals surface area contributed by atoms with Crippen LogP contribution in [0, 0.1) is 5.92 Å².